The van der Waals surface area contributed by atoms with Gasteiger partial charge in [-0.25, -0.2) is 0 Å². The summed E-state index contributed by atoms with van der Waals surface area (Å²) in [4.78, 5) is 0. The first-order chi connectivity index (χ1) is 6.68. The molecule has 2 N–H and O–H groups in total. The molecule has 0 aromatic heterocycles. The van der Waals surface area contributed by atoms with Crippen LogP contribution in [0.3, 0.4) is 0 Å². The highest BCUT2D eigenvalue weighted by Gasteiger charge is 2.20. The van der Waals surface area contributed by atoms with Gasteiger partial charge in [0.15, 0.2) is 0 Å². The van der Waals surface area contributed by atoms with Crippen molar-refractivity contribution in [2.45, 2.75) is 64.8 Å². The SMILES string of the molecule is CCCCC(N)(CC)CCCOCC. The number of nitrogens with two attached hydrogens (primary N) is 1. The third-order valence-electron chi connectivity index (χ3n) is 2.90. The molecule has 1 atom stereocenters. The van der Waals surface area contributed by atoms with Crippen molar-refractivity contribution in [3.05, 3.63) is 0 Å². The van der Waals surface area contributed by atoms with Gasteiger partial charge in [0.1, 0.15) is 0 Å². The van der Waals surface area contributed by atoms with Gasteiger partial charge in [0.2, 0.25) is 0 Å². The second-order valence-electron chi connectivity index (χ2n) is 4.12. The Morgan fingerprint density at radius 3 is 2.21 bits per heavy atom. The van der Waals surface area contributed by atoms with Crippen molar-refractivity contribution in [2.24, 2.45) is 5.73 Å². The Kier molecular flexibility index (Phi) is 8.20. The van der Waals surface area contributed by atoms with Crippen molar-refractivity contribution >= 4 is 0 Å². The van der Waals surface area contributed by atoms with Crippen LogP contribution in [-0.4, -0.2) is 18.8 Å². The first-order valence-corrected chi connectivity index (χ1v) is 6.05. The first-order valence-electron chi connectivity index (χ1n) is 6.05. The zero-order valence-corrected chi connectivity index (χ0v) is 10.1. The predicted octanol–water partition coefficient (Wildman–Crippen LogP) is 3.10. The van der Waals surface area contributed by atoms with Crippen LogP contribution in [-0.2, 0) is 4.74 Å². The normalized spacial score (nSPS) is 15.4. The molecule has 0 radical (unpaired) electrons. The minimum Gasteiger partial charge on any atom is -0.382 e. The van der Waals surface area contributed by atoms with E-state index in [4.69, 9.17) is 10.5 Å². The Morgan fingerprint density at radius 1 is 1.07 bits per heavy atom. The van der Waals surface area contributed by atoms with E-state index in [2.05, 4.69) is 13.8 Å². The van der Waals surface area contributed by atoms with Gasteiger partial charge in [-0.1, -0.05) is 26.7 Å². The summed E-state index contributed by atoms with van der Waals surface area (Å²) in [5.41, 5.74) is 6.37. The van der Waals surface area contributed by atoms with Crippen LogP contribution in [0, 0.1) is 0 Å². The molecule has 0 aromatic rings. The van der Waals surface area contributed by atoms with Gasteiger partial charge in [-0.05, 0) is 32.6 Å². The molecule has 2 heteroatoms. The van der Waals surface area contributed by atoms with Crippen LogP contribution in [0.5, 0.6) is 0 Å². The molecule has 14 heavy (non-hydrogen) atoms. The molecule has 0 aromatic carbocycles. The van der Waals surface area contributed by atoms with E-state index in [0.717, 1.165) is 38.9 Å². The summed E-state index contributed by atoms with van der Waals surface area (Å²) in [6, 6.07) is 0. The molecule has 0 spiro atoms. The average molecular weight is 201 g/mol. The van der Waals surface area contributed by atoms with Crippen LogP contribution in [0.15, 0.2) is 0 Å². The Balaban J connectivity index is 3.63. The lowest BCUT2D eigenvalue weighted by atomic mass is 9.86. The number of rotatable bonds is 9. The third kappa shape index (κ3) is 6.39. The lowest BCUT2D eigenvalue weighted by Crippen LogP contribution is -2.39. The maximum absolute atomic E-state index is 6.31. The van der Waals surface area contributed by atoms with Crippen molar-refractivity contribution in [3.8, 4) is 0 Å². The van der Waals surface area contributed by atoms with Crippen molar-refractivity contribution in [2.75, 3.05) is 13.2 Å². The highest BCUT2D eigenvalue weighted by Crippen LogP contribution is 2.21. The van der Waals surface area contributed by atoms with E-state index in [9.17, 15) is 0 Å². The van der Waals surface area contributed by atoms with Gasteiger partial charge >= 0.3 is 0 Å². The summed E-state index contributed by atoms with van der Waals surface area (Å²) in [7, 11) is 0. The fraction of sp³-hybridized carbons (Fsp3) is 1.00. The summed E-state index contributed by atoms with van der Waals surface area (Å²) in [5.74, 6) is 0. The van der Waals surface area contributed by atoms with E-state index in [1.54, 1.807) is 0 Å². The monoisotopic (exact) mass is 201 g/mol. The van der Waals surface area contributed by atoms with Crippen LogP contribution in [0.25, 0.3) is 0 Å². The van der Waals surface area contributed by atoms with Gasteiger partial charge in [-0.15, -0.1) is 0 Å². The van der Waals surface area contributed by atoms with E-state index in [0.29, 0.717) is 0 Å². The van der Waals surface area contributed by atoms with Crippen molar-refractivity contribution in [1.82, 2.24) is 0 Å². The molecule has 0 saturated carbocycles. The molecule has 0 saturated heterocycles. The van der Waals surface area contributed by atoms with Crippen LogP contribution in [0.2, 0.25) is 0 Å². The zero-order valence-electron chi connectivity index (χ0n) is 10.1. The van der Waals surface area contributed by atoms with E-state index >= 15 is 0 Å². The Morgan fingerprint density at radius 2 is 1.71 bits per heavy atom. The molecule has 1 unspecified atom stereocenters. The molecule has 0 fully saturated rings. The number of hydrogen-bond acceptors (Lipinski definition) is 2. The Hall–Kier alpha value is -0.0800. The van der Waals surface area contributed by atoms with Gasteiger partial charge in [0, 0.05) is 18.8 Å². The minimum atomic E-state index is 0.0626. The smallest absolute Gasteiger partial charge is 0.0466 e. The summed E-state index contributed by atoms with van der Waals surface area (Å²) in [6.45, 7) is 8.12. The molecule has 0 rings (SSSR count). The molecule has 0 aliphatic rings. The summed E-state index contributed by atoms with van der Waals surface area (Å²) >= 11 is 0. The van der Waals surface area contributed by atoms with Gasteiger partial charge in [-0.3, -0.25) is 0 Å². The summed E-state index contributed by atoms with van der Waals surface area (Å²) in [5, 5.41) is 0. The quantitative estimate of drug-likeness (QED) is 0.582. The molecule has 0 aliphatic carbocycles. The maximum Gasteiger partial charge on any atom is 0.0466 e. The zero-order chi connectivity index (χ0) is 10.9. The number of unbranched alkanes of at least 4 members (excludes halogenated alkanes) is 1. The van der Waals surface area contributed by atoms with Gasteiger partial charge in [-0.2, -0.15) is 0 Å². The Labute approximate surface area is 89.2 Å². The largest absolute Gasteiger partial charge is 0.382 e. The van der Waals surface area contributed by atoms with E-state index in [1.165, 1.54) is 12.8 Å². The number of ether oxygens (including phenoxy) is 1. The molecule has 0 bridgehead atoms. The fourth-order valence-electron chi connectivity index (χ4n) is 1.68. The van der Waals surface area contributed by atoms with Crippen LogP contribution in [0.4, 0.5) is 0 Å². The average Bonchev–Trinajstić information content (AvgIpc) is 2.22. The second kappa shape index (κ2) is 8.25. The third-order valence-corrected chi connectivity index (χ3v) is 2.90. The summed E-state index contributed by atoms with van der Waals surface area (Å²) < 4.78 is 5.32. The van der Waals surface area contributed by atoms with Crippen LogP contribution >= 0.6 is 0 Å². The molecule has 0 aliphatic heterocycles. The van der Waals surface area contributed by atoms with Crippen molar-refractivity contribution in [1.29, 1.82) is 0 Å². The van der Waals surface area contributed by atoms with Gasteiger partial charge in [0.05, 0.1) is 0 Å². The molecular formula is C12H27NO. The van der Waals surface area contributed by atoms with Crippen molar-refractivity contribution in [3.63, 3.8) is 0 Å². The minimum absolute atomic E-state index is 0.0626. The standard InChI is InChI=1S/C12H27NO/c1-4-7-9-12(13,5-2)10-8-11-14-6-3/h4-11,13H2,1-3H3. The molecule has 0 amide bonds. The molecule has 2 nitrogen and oxygen atoms in total. The topological polar surface area (TPSA) is 35.2 Å². The van der Waals surface area contributed by atoms with Crippen LogP contribution < -0.4 is 5.73 Å². The fourth-order valence-corrected chi connectivity index (χ4v) is 1.68. The second-order valence-corrected chi connectivity index (χ2v) is 4.12. The van der Waals surface area contributed by atoms with E-state index in [-0.39, 0.29) is 5.54 Å². The lowest BCUT2D eigenvalue weighted by Gasteiger charge is -2.28. The van der Waals surface area contributed by atoms with Gasteiger partial charge < -0.3 is 10.5 Å². The predicted molar refractivity (Wildman–Crippen MR) is 62.5 cm³/mol. The maximum atomic E-state index is 6.31. The van der Waals surface area contributed by atoms with Gasteiger partial charge in [0.25, 0.3) is 0 Å². The van der Waals surface area contributed by atoms with Crippen molar-refractivity contribution < 1.29 is 4.74 Å². The first kappa shape index (κ1) is 13.9. The highest BCUT2D eigenvalue weighted by molar-refractivity contribution is 4.81. The summed E-state index contributed by atoms with van der Waals surface area (Å²) in [6.07, 6.45) is 6.93. The molecule has 0 heterocycles. The molecular weight excluding hydrogens is 174 g/mol. The number of hydrogen-bond donors (Lipinski definition) is 1. The van der Waals surface area contributed by atoms with Crippen LogP contribution in [0.1, 0.15) is 59.3 Å². The van der Waals surface area contributed by atoms with E-state index < -0.39 is 0 Å². The lowest BCUT2D eigenvalue weighted by molar-refractivity contribution is 0.135. The van der Waals surface area contributed by atoms with E-state index in [1.807, 2.05) is 6.92 Å². The molecule has 86 valence electrons. The Bertz CT molecular complexity index is 127. The highest BCUT2D eigenvalue weighted by atomic mass is 16.5.